The van der Waals surface area contributed by atoms with Crippen molar-refractivity contribution in [1.29, 1.82) is 0 Å². The first-order valence-corrected chi connectivity index (χ1v) is 12.2. The van der Waals surface area contributed by atoms with E-state index in [1.165, 1.54) is 28.7 Å². The van der Waals surface area contributed by atoms with Crippen LogP contribution < -0.4 is 5.23 Å². The van der Waals surface area contributed by atoms with Gasteiger partial charge >= 0.3 is 41.6 Å². The van der Waals surface area contributed by atoms with Crippen molar-refractivity contribution in [1.82, 2.24) is 5.23 Å². The van der Waals surface area contributed by atoms with Crippen molar-refractivity contribution in [3.63, 3.8) is 0 Å². The molecule has 2 N–H and O–H groups in total. The van der Waals surface area contributed by atoms with Gasteiger partial charge < -0.3 is 21.9 Å². The molecule has 0 aromatic carbocycles. The Morgan fingerprint density at radius 2 is 2.25 bits per heavy atom. The van der Waals surface area contributed by atoms with Crippen LogP contribution in [0.4, 0.5) is 0 Å². The SMILES string of the molecule is [CH2-][C@@H](NB(C)O)C(=O)OC.[Zn+][I]. The summed E-state index contributed by atoms with van der Waals surface area (Å²) < 4.78 is 4.34. The van der Waals surface area contributed by atoms with E-state index in [1.807, 2.05) is 0 Å². The topological polar surface area (TPSA) is 58.6 Å². The fraction of sp³-hybridized carbons (Fsp3) is 0.600. The monoisotopic (exact) mass is 335 g/mol. The molecule has 1 atom stereocenters. The second kappa shape index (κ2) is 9.89. The third-order valence-electron chi connectivity index (χ3n) is 0.928. The van der Waals surface area contributed by atoms with E-state index in [0.29, 0.717) is 0 Å². The average Bonchev–Trinajstić information content (AvgIpc) is 2.05. The Morgan fingerprint density at radius 3 is 2.50 bits per heavy atom. The van der Waals surface area contributed by atoms with E-state index < -0.39 is 19.1 Å². The Kier molecular flexibility index (Phi) is 12.6. The van der Waals surface area contributed by atoms with Gasteiger partial charge in [0.1, 0.15) is 0 Å². The van der Waals surface area contributed by atoms with Crippen molar-refractivity contribution in [3.05, 3.63) is 6.92 Å². The van der Waals surface area contributed by atoms with Gasteiger partial charge in [0.2, 0.25) is 0 Å². The summed E-state index contributed by atoms with van der Waals surface area (Å²) in [6.07, 6.45) is 0. The van der Waals surface area contributed by atoms with Gasteiger partial charge in [-0.25, -0.2) is 0 Å². The van der Waals surface area contributed by atoms with Gasteiger partial charge in [-0.15, -0.1) is 0 Å². The Hall–Kier alpha value is 0.808. The molecule has 0 radical (unpaired) electrons. The second-order valence-corrected chi connectivity index (χ2v) is 1.92. The first-order chi connectivity index (χ1) is 5.57. The molecular weight excluding hydrogens is 325 g/mol. The van der Waals surface area contributed by atoms with E-state index in [4.69, 9.17) is 5.02 Å². The molecule has 0 unspecified atom stereocenters. The average molecular weight is 336 g/mol. The Bertz CT molecular complexity index is 127. The van der Waals surface area contributed by atoms with Gasteiger partial charge in [0.15, 0.2) is 0 Å². The molecule has 0 amide bonds. The summed E-state index contributed by atoms with van der Waals surface area (Å²) in [6, 6.07) is -0.704. The molecule has 0 aliphatic carbocycles. The second-order valence-electron chi connectivity index (χ2n) is 1.92. The van der Waals surface area contributed by atoms with Crippen LogP contribution in [-0.4, -0.2) is 31.2 Å². The molecule has 0 bridgehead atoms. The van der Waals surface area contributed by atoms with Crippen LogP contribution in [0.1, 0.15) is 0 Å². The molecule has 0 aromatic rings. The summed E-state index contributed by atoms with van der Waals surface area (Å²) in [7, 11) is 0.520. The van der Waals surface area contributed by atoms with Crippen molar-refractivity contribution in [2.45, 2.75) is 12.9 Å². The predicted octanol–water partition coefficient (Wildman–Crippen LogP) is -0.0548. The van der Waals surface area contributed by atoms with Crippen molar-refractivity contribution in [2.75, 3.05) is 7.11 Å². The van der Waals surface area contributed by atoms with Crippen molar-refractivity contribution < 1.29 is 29.3 Å². The molecule has 0 aliphatic rings. The zero-order chi connectivity index (χ0) is 10.1. The van der Waals surface area contributed by atoms with E-state index in [-0.39, 0.29) is 0 Å². The van der Waals surface area contributed by atoms with Crippen LogP contribution in [0.25, 0.3) is 0 Å². The van der Waals surface area contributed by atoms with Crippen molar-refractivity contribution in [3.8, 4) is 0 Å². The summed E-state index contributed by atoms with van der Waals surface area (Å²) in [5.74, 6) is -0.485. The van der Waals surface area contributed by atoms with Crippen LogP contribution in [0.15, 0.2) is 0 Å². The molecule has 0 rings (SSSR count). The molecule has 0 heterocycles. The number of nitrogens with one attached hydrogen (secondary N) is 1. The summed E-state index contributed by atoms with van der Waals surface area (Å²) in [5, 5.41) is 11.2. The first kappa shape index (κ1) is 15.3. The zero-order valence-electron chi connectivity index (χ0n) is 7.21. The zero-order valence-corrected chi connectivity index (χ0v) is 12.3. The minimum atomic E-state index is -0.749. The van der Waals surface area contributed by atoms with Gasteiger partial charge in [0.25, 0.3) is 5.97 Å². The molecule has 12 heavy (non-hydrogen) atoms. The van der Waals surface area contributed by atoms with Gasteiger partial charge in [0, 0.05) is 0 Å². The minimum absolute atomic E-state index is 0.485. The number of carbonyl (C=O) groups excluding carboxylic acids is 1. The van der Waals surface area contributed by atoms with Gasteiger partial charge in [-0.3, -0.25) is 4.79 Å². The fourth-order valence-corrected chi connectivity index (χ4v) is 0.501. The standard InChI is InChI=1S/C5H11BNO3.HI.Zn/c1-4(5(8)10-3)7-6(2)9;;/h4,7,9H,1H2,2-3H3;1H;/q-1;;+2/p-1/t4-;;/m1../s1. The number of hydrogen-bond acceptors (Lipinski definition) is 4. The summed E-state index contributed by atoms with van der Waals surface area (Å²) >= 11 is 3.62. The number of esters is 1. The van der Waals surface area contributed by atoms with Crippen LogP contribution in [-0.2, 0) is 24.3 Å². The van der Waals surface area contributed by atoms with Crippen molar-refractivity contribution in [2.24, 2.45) is 0 Å². The number of ether oxygens (including phenoxy) is 1. The normalized spacial score (nSPS) is 10.9. The van der Waals surface area contributed by atoms with E-state index in [9.17, 15) is 4.79 Å². The molecule has 0 spiro atoms. The number of carbonyl (C=O) groups is 1. The molecular formula is C5H11BINO3Zn. The van der Waals surface area contributed by atoms with Crippen LogP contribution in [0.5, 0.6) is 0 Å². The quantitative estimate of drug-likeness (QED) is 0.328. The van der Waals surface area contributed by atoms with Crippen LogP contribution >= 0.6 is 19.8 Å². The Balaban J connectivity index is 0. The van der Waals surface area contributed by atoms with Gasteiger partial charge in [0.05, 0.1) is 7.11 Å². The Labute approximate surface area is 93.8 Å². The van der Waals surface area contributed by atoms with Gasteiger partial charge in [-0.1, -0.05) is 0 Å². The summed E-state index contributed by atoms with van der Waals surface area (Å²) in [4.78, 5) is 10.6. The molecule has 7 heteroatoms. The summed E-state index contributed by atoms with van der Waals surface area (Å²) in [6.45, 7) is 4.90. The molecule has 4 nitrogen and oxygen atoms in total. The molecule has 0 aromatic heterocycles. The maximum atomic E-state index is 10.6. The fourth-order valence-electron chi connectivity index (χ4n) is 0.501. The number of hydrogen-bond donors (Lipinski definition) is 2. The molecule has 66 valence electrons. The van der Waals surface area contributed by atoms with Gasteiger partial charge in [-0.05, 0) is 12.9 Å². The van der Waals surface area contributed by atoms with Crippen LogP contribution in [0.2, 0.25) is 6.82 Å². The van der Waals surface area contributed by atoms with E-state index >= 15 is 0 Å². The Morgan fingerprint density at radius 1 is 1.83 bits per heavy atom. The van der Waals surface area contributed by atoms with Crippen LogP contribution in [0, 0.1) is 6.92 Å². The van der Waals surface area contributed by atoms with E-state index in [2.05, 4.69) is 36.6 Å². The number of rotatable bonds is 3. The molecule has 0 saturated carbocycles. The molecule has 0 saturated heterocycles. The summed E-state index contributed by atoms with van der Waals surface area (Å²) in [5.41, 5.74) is 0. The van der Waals surface area contributed by atoms with Gasteiger partial charge in [-0.2, -0.15) is 0 Å². The maximum absolute atomic E-state index is 10.6. The third-order valence-corrected chi connectivity index (χ3v) is 0.928. The number of halogens is 1. The van der Waals surface area contributed by atoms with E-state index in [1.54, 1.807) is 0 Å². The number of methoxy groups -OCH3 is 1. The predicted molar refractivity (Wildman–Crippen MR) is 52.2 cm³/mol. The van der Waals surface area contributed by atoms with Crippen molar-refractivity contribution >= 4 is 32.8 Å². The van der Waals surface area contributed by atoms with E-state index in [0.717, 1.165) is 0 Å². The molecule has 0 fully saturated rings. The van der Waals surface area contributed by atoms with Crippen LogP contribution in [0.3, 0.4) is 0 Å². The first-order valence-electron chi connectivity index (χ1n) is 3.19. The third kappa shape index (κ3) is 8.90. The molecule has 0 aliphatic heterocycles.